The molecule has 0 aliphatic carbocycles. The lowest BCUT2D eigenvalue weighted by molar-refractivity contribution is -0.126. The van der Waals surface area contributed by atoms with E-state index in [1.165, 1.54) is 12.1 Å². The van der Waals surface area contributed by atoms with E-state index in [9.17, 15) is 19.5 Å². The molecular formula is C30H41Cl2N3O4. The molecule has 0 aromatic heterocycles. The number of aliphatic hydroxyl groups is 1. The van der Waals surface area contributed by atoms with Crippen LogP contribution in [-0.2, 0) is 16.0 Å². The highest BCUT2D eigenvalue weighted by Gasteiger charge is 2.30. The molecule has 0 saturated heterocycles. The van der Waals surface area contributed by atoms with Crippen molar-refractivity contribution in [2.75, 3.05) is 6.54 Å². The van der Waals surface area contributed by atoms with Crippen LogP contribution in [0.3, 0.4) is 0 Å². The maximum Gasteiger partial charge on any atom is 0.253 e. The summed E-state index contributed by atoms with van der Waals surface area (Å²) in [5.74, 6) is -1.02. The van der Waals surface area contributed by atoms with Crippen LogP contribution in [0.25, 0.3) is 0 Å². The van der Waals surface area contributed by atoms with E-state index in [1.54, 1.807) is 13.0 Å². The second-order valence-electron chi connectivity index (χ2n) is 10.9. The number of aliphatic hydroxyl groups excluding tert-OH is 1. The van der Waals surface area contributed by atoms with E-state index >= 15 is 0 Å². The van der Waals surface area contributed by atoms with Crippen LogP contribution >= 0.6 is 23.2 Å². The third kappa shape index (κ3) is 11.2. The minimum Gasteiger partial charge on any atom is -0.391 e. The van der Waals surface area contributed by atoms with Crippen LogP contribution in [0.15, 0.2) is 48.5 Å². The number of carbonyl (C=O) groups is 3. The van der Waals surface area contributed by atoms with Gasteiger partial charge in [0.15, 0.2) is 0 Å². The van der Waals surface area contributed by atoms with Gasteiger partial charge in [0.25, 0.3) is 5.91 Å². The van der Waals surface area contributed by atoms with Crippen molar-refractivity contribution in [3.8, 4) is 0 Å². The molecule has 4 atom stereocenters. The molecule has 0 fully saturated rings. The number of amides is 3. The highest BCUT2D eigenvalue weighted by molar-refractivity contribution is 6.36. The van der Waals surface area contributed by atoms with Gasteiger partial charge in [0.1, 0.15) is 6.04 Å². The smallest absolute Gasteiger partial charge is 0.253 e. The molecule has 4 N–H and O–H groups in total. The molecule has 2 aromatic carbocycles. The molecule has 0 bridgehead atoms. The van der Waals surface area contributed by atoms with Gasteiger partial charge in [-0.05, 0) is 48.4 Å². The van der Waals surface area contributed by atoms with Crippen molar-refractivity contribution in [1.29, 1.82) is 0 Å². The Morgan fingerprint density at radius 1 is 0.846 bits per heavy atom. The van der Waals surface area contributed by atoms with E-state index in [1.807, 2.05) is 58.0 Å². The van der Waals surface area contributed by atoms with Gasteiger partial charge in [0, 0.05) is 23.9 Å². The van der Waals surface area contributed by atoms with Gasteiger partial charge in [0.2, 0.25) is 11.8 Å². The minimum atomic E-state index is -0.949. The number of rotatable bonds is 14. The second-order valence-corrected chi connectivity index (χ2v) is 11.8. The molecule has 9 heteroatoms. The predicted molar refractivity (Wildman–Crippen MR) is 157 cm³/mol. The zero-order valence-corrected chi connectivity index (χ0v) is 24.9. The van der Waals surface area contributed by atoms with Crippen LogP contribution < -0.4 is 16.0 Å². The summed E-state index contributed by atoms with van der Waals surface area (Å²) in [4.78, 5) is 39.2. The Hall–Kier alpha value is -2.61. The van der Waals surface area contributed by atoms with Crippen LogP contribution in [0.1, 0.15) is 63.4 Å². The van der Waals surface area contributed by atoms with E-state index in [-0.39, 0.29) is 35.3 Å². The topological polar surface area (TPSA) is 108 Å². The maximum absolute atomic E-state index is 13.6. The molecule has 214 valence electrons. The average Bonchev–Trinajstić information content (AvgIpc) is 2.86. The first-order chi connectivity index (χ1) is 18.4. The van der Waals surface area contributed by atoms with Crippen molar-refractivity contribution in [2.45, 2.75) is 72.1 Å². The lowest BCUT2D eigenvalue weighted by atomic mass is 9.92. The summed E-state index contributed by atoms with van der Waals surface area (Å²) in [6, 6.07) is 12.3. The summed E-state index contributed by atoms with van der Waals surface area (Å²) >= 11 is 12.2. The molecule has 3 amide bonds. The van der Waals surface area contributed by atoms with Gasteiger partial charge < -0.3 is 21.1 Å². The minimum absolute atomic E-state index is 0.133. The standard InChI is InChI=1S/C30H41Cl2N3O4/c1-18(2)13-25(27(36)14-20(5)28(37)33-17-19(3)4)34-30(39)26(15-21-9-7-6-8-10-21)35-29(38)23-12-11-22(31)16-24(23)32/h6-12,16,18-20,25-27,36H,13-15,17H2,1-5H3,(H,33,37)(H,34,39)(H,35,38)/t20-,25+,26+,27+/m1/s1. The summed E-state index contributed by atoms with van der Waals surface area (Å²) in [7, 11) is 0. The van der Waals surface area contributed by atoms with Gasteiger partial charge in [-0.15, -0.1) is 0 Å². The Morgan fingerprint density at radius 3 is 2.10 bits per heavy atom. The maximum atomic E-state index is 13.6. The third-order valence-electron chi connectivity index (χ3n) is 6.32. The van der Waals surface area contributed by atoms with Crippen LogP contribution in [0.2, 0.25) is 10.0 Å². The first kappa shape index (κ1) is 32.6. The Balaban J connectivity index is 2.21. The van der Waals surface area contributed by atoms with Crippen molar-refractivity contribution in [3.05, 3.63) is 69.7 Å². The number of benzene rings is 2. The molecule has 0 aliphatic rings. The zero-order valence-electron chi connectivity index (χ0n) is 23.3. The highest BCUT2D eigenvalue weighted by atomic mass is 35.5. The van der Waals surface area contributed by atoms with Gasteiger partial charge >= 0.3 is 0 Å². The summed E-state index contributed by atoms with van der Waals surface area (Å²) in [6.45, 7) is 10.3. The largest absolute Gasteiger partial charge is 0.391 e. The van der Waals surface area contributed by atoms with E-state index in [0.29, 0.717) is 23.9 Å². The summed E-state index contributed by atoms with van der Waals surface area (Å²) in [5, 5.41) is 20.3. The van der Waals surface area contributed by atoms with Crippen molar-refractivity contribution in [2.24, 2.45) is 17.8 Å². The molecule has 2 aromatic rings. The zero-order chi connectivity index (χ0) is 29.1. The third-order valence-corrected chi connectivity index (χ3v) is 6.87. The van der Waals surface area contributed by atoms with Gasteiger partial charge in [0.05, 0.1) is 22.7 Å². The second kappa shape index (κ2) is 15.8. The van der Waals surface area contributed by atoms with Gasteiger partial charge in [-0.2, -0.15) is 0 Å². The molecule has 0 spiro atoms. The van der Waals surface area contributed by atoms with Crippen LogP contribution in [0.4, 0.5) is 0 Å². The molecule has 2 rings (SSSR count). The van der Waals surface area contributed by atoms with E-state index < -0.39 is 35.9 Å². The monoisotopic (exact) mass is 577 g/mol. The van der Waals surface area contributed by atoms with Crippen molar-refractivity contribution >= 4 is 40.9 Å². The van der Waals surface area contributed by atoms with E-state index in [0.717, 1.165) is 5.56 Å². The lowest BCUT2D eigenvalue weighted by Gasteiger charge is -2.29. The normalized spacial score (nSPS) is 14.4. The molecule has 0 heterocycles. The number of hydrogen-bond donors (Lipinski definition) is 4. The van der Waals surface area contributed by atoms with Crippen LogP contribution in [-0.4, -0.2) is 47.6 Å². The van der Waals surface area contributed by atoms with E-state index in [4.69, 9.17) is 23.2 Å². The Morgan fingerprint density at radius 2 is 1.51 bits per heavy atom. The molecule has 0 radical (unpaired) electrons. The fourth-order valence-corrected chi connectivity index (χ4v) is 4.68. The summed E-state index contributed by atoms with van der Waals surface area (Å²) in [6.07, 6.45) is -0.0165. The van der Waals surface area contributed by atoms with Crippen LogP contribution in [0.5, 0.6) is 0 Å². The Labute approximate surface area is 242 Å². The average molecular weight is 579 g/mol. The van der Waals surface area contributed by atoms with Crippen molar-refractivity contribution in [1.82, 2.24) is 16.0 Å². The van der Waals surface area contributed by atoms with Crippen LogP contribution in [0, 0.1) is 17.8 Å². The molecule has 7 nitrogen and oxygen atoms in total. The van der Waals surface area contributed by atoms with Crippen molar-refractivity contribution < 1.29 is 19.5 Å². The molecule has 0 saturated carbocycles. The molecule has 39 heavy (non-hydrogen) atoms. The van der Waals surface area contributed by atoms with Gasteiger partial charge in [-0.25, -0.2) is 0 Å². The van der Waals surface area contributed by atoms with E-state index in [2.05, 4.69) is 16.0 Å². The first-order valence-corrected chi connectivity index (χ1v) is 14.2. The number of nitrogens with one attached hydrogen (secondary N) is 3. The fourth-order valence-electron chi connectivity index (χ4n) is 4.18. The molecular weight excluding hydrogens is 537 g/mol. The first-order valence-electron chi connectivity index (χ1n) is 13.4. The summed E-state index contributed by atoms with van der Waals surface area (Å²) in [5.41, 5.74) is 1.06. The lowest BCUT2D eigenvalue weighted by Crippen LogP contribution is -2.54. The number of hydrogen-bond acceptors (Lipinski definition) is 4. The Kier molecular flexibility index (Phi) is 13.2. The number of halogens is 2. The SMILES string of the molecule is CC(C)CNC(=O)[C@H](C)C[C@H](O)[C@H](CC(C)C)NC(=O)[C@H](Cc1ccccc1)NC(=O)c1ccc(Cl)cc1Cl. The fraction of sp³-hybridized carbons (Fsp3) is 0.500. The predicted octanol–water partition coefficient (Wildman–Crippen LogP) is 5.02. The highest BCUT2D eigenvalue weighted by Crippen LogP contribution is 2.21. The summed E-state index contributed by atoms with van der Waals surface area (Å²) < 4.78 is 0. The number of carbonyl (C=O) groups excluding carboxylic acids is 3. The van der Waals surface area contributed by atoms with Gasteiger partial charge in [-0.1, -0.05) is 88.2 Å². The molecule has 0 unspecified atom stereocenters. The van der Waals surface area contributed by atoms with Gasteiger partial charge in [-0.3, -0.25) is 14.4 Å². The Bertz CT molecular complexity index is 1090. The molecule has 0 aliphatic heterocycles. The van der Waals surface area contributed by atoms with Crippen molar-refractivity contribution in [3.63, 3.8) is 0 Å². The quantitative estimate of drug-likeness (QED) is 0.252.